The Bertz CT molecular complexity index is 964. The van der Waals surface area contributed by atoms with Gasteiger partial charge in [-0.2, -0.15) is 0 Å². The normalized spacial score (nSPS) is 10.2. The molecular formula is C20H19N3O3. The molecule has 0 unspecified atom stereocenters. The van der Waals surface area contributed by atoms with Crippen molar-refractivity contribution in [1.29, 1.82) is 0 Å². The first-order valence-corrected chi connectivity index (χ1v) is 8.08. The molecule has 6 nitrogen and oxygen atoms in total. The molecule has 3 amide bonds. The van der Waals surface area contributed by atoms with Gasteiger partial charge in [-0.25, -0.2) is 4.79 Å². The number of ether oxygens (including phenoxy) is 1. The van der Waals surface area contributed by atoms with Gasteiger partial charge in [0.2, 0.25) is 5.91 Å². The monoisotopic (exact) mass is 349 g/mol. The number of rotatable bonds is 4. The third kappa shape index (κ3) is 3.92. The van der Waals surface area contributed by atoms with Gasteiger partial charge in [-0.3, -0.25) is 4.79 Å². The molecule has 132 valence electrons. The SMILES string of the molecule is COc1ccc(NC(C)=O)cc1NC(=O)Nc1cccc2ccccc12. The van der Waals surface area contributed by atoms with Gasteiger partial charge in [-0.05, 0) is 29.7 Å². The number of amides is 3. The Labute approximate surface area is 151 Å². The average molecular weight is 349 g/mol. The van der Waals surface area contributed by atoms with Crippen LogP contribution < -0.4 is 20.7 Å². The van der Waals surface area contributed by atoms with E-state index in [9.17, 15) is 9.59 Å². The molecule has 0 atom stereocenters. The highest BCUT2D eigenvalue weighted by atomic mass is 16.5. The van der Waals surface area contributed by atoms with Crippen LogP contribution in [0.1, 0.15) is 6.92 Å². The van der Waals surface area contributed by atoms with Crippen molar-refractivity contribution in [2.75, 3.05) is 23.1 Å². The molecule has 0 heterocycles. The lowest BCUT2D eigenvalue weighted by molar-refractivity contribution is -0.114. The summed E-state index contributed by atoms with van der Waals surface area (Å²) in [6.45, 7) is 1.42. The first-order chi connectivity index (χ1) is 12.6. The van der Waals surface area contributed by atoms with Crippen molar-refractivity contribution in [2.24, 2.45) is 0 Å². The molecule has 6 heteroatoms. The Kier molecular flexibility index (Phi) is 5.03. The van der Waals surface area contributed by atoms with Gasteiger partial charge in [-0.1, -0.05) is 36.4 Å². The van der Waals surface area contributed by atoms with Gasteiger partial charge in [0.05, 0.1) is 18.5 Å². The van der Waals surface area contributed by atoms with Crippen LogP contribution in [0.15, 0.2) is 60.7 Å². The molecule has 0 aliphatic carbocycles. The van der Waals surface area contributed by atoms with Crippen molar-refractivity contribution < 1.29 is 14.3 Å². The Morgan fingerprint density at radius 2 is 1.58 bits per heavy atom. The molecule has 3 aromatic carbocycles. The summed E-state index contributed by atoms with van der Waals surface area (Å²) < 4.78 is 5.27. The Hall–Kier alpha value is -3.54. The number of hydrogen-bond donors (Lipinski definition) is 3. The molecule has 3 aromatic rings. The summed E-state index contributed by atoms with van der Waals surface area (Å²) in [7, 11) is 1.52. The van der Waals surface area contributed by atoms with E-state index in [1.807, 2.05) is 42.5 Å². The quantitative estimate of drug-likeness (QED) is 0.651. The van der Waals surface area contributed by atoms with Crippen LogP contribution in [0.5, 0.6) is 5.75 Å². The van der Waals surface area contributed by atoms with Crippen molar-refractivity contribution in [3.8, 4) is 5.75 Å². The summed E-state index contributed by atoms with van der Waals surface area (Å²) in [5.41, 5.74) is 1.73. The Balaban J connectivity index is 1.82. The van der Waals surface area contributed by atoms with E-state index in [-0.39, 0.29) is 5.91 Å². The third-order valence-electron chi connectivity index (χ3n) is 3.81. The van der Waals surface area contributed by atoms with Gasteiger partial charge in [0.15, 0.2) is 0 Å². The average Bonchev–Trinajstić information content (AvgIpc) is 2.62. The van der Waals surface area contributed by atoms with E-state index in [0.29, 0.717) is 22.8 Å². The molecule has 0 fully saturated rings. The Morgan fingerprint density at radius 3 is 2.35 bits per heavy atom. The Morgan fingerprint density at radius 1 is 0.846 bits per heavy atom. The lowest BCUT2D eigenvalue weighted by Crippen LogP contribution is -2.20. The van der Waals surface area contributed by atoms with E-state index >= 15 is 0 Å². The molecule has 0 radical (unpaired) electrons. The number of urea groups is 1. The minimum absolute atomic E-state index is 0.193. The number of carbonyl (C=O) groups is 2. The van der Waals surface area contributed by atoms with Crippen molar-refractivity contribution >= 4 is 39.8 Å². The fraction of sp³-hybridized carbons (Fsp3) is 0.100. The number of carbonyl (C=O) groups excluding carboxylic acids is 2. The van der Waals surface area contributed by atoms with Gasteiger partial charge in [0.25, 0.3) is 0 Å². The third-order valence-corrected chi connectivity index (χ3v) is 3.81. The predicted octanol–water partition coefficient (Wildman–Crippen LogP) is 4.45. The number of nitrogens with one attached hydrogen (secondary N) is 3. The van der Waals surface area contributed by atoms with Crippen LogP contribution in [0.25, 0.3) is 10.8 Å². The van der Waals surface area contributed by atoms with Crippen molar-refractivity contribution in [2.45, 2.75) is 6.92 Å². The highest BCUT2D eigenvalue weighted by molar-refractivity contribution is 6.07. The fourth-order valence-electron chi connectivity index (χ4n) is 2.70. The van der Waals surface area contributed by atoms with E-state index in [4.69, 9.17) is 4.74 Å². The minimum Gasteiger partial charge on any atom is -0.495 e. The summed E-state index contributed by atoms with van der Waals surface area (Å²) in [5.74, 6) is 0.300. The predicted molar refractivity (Wildman–Crippen MR) is 104 cm³/mol. The van der Waals surface area contributed by atoms with E-state index in [0.717, 1.165) is 10.8 Å². The second-order valence-electron chi connectivity index (χ2n) is 5.70. The van der Waals surface area contributed by atoms with Crippen LogP contribution >= 0.6 is 0 Å². The van der Waals surface area contributed by atoms with Crippen LogP contribution in [0.2, 0.25) is 0 Å². The van der Waals surface area contributed by atoms with Crippen LogP contribution in [0.3, 0.4) is 0 Å². The molecule has 0 aliphatic heterocycles. The number of fused-ring (bicyclic) bond motifs is 1. The molecule has 0 saturated heterocycles. The zero-order valence-corrected chi connectivity index (χ0v) is 14.5. The molecule has 3 N–H and O–H groups in total. The maximum absolute atomic E-state index is 12.5. The molecule has 0 aliphatic rings. The van der Waals surface area contributed by atoms with Gasteiger partial charge in [0, 0.05) is 18.0 Å². The largest absolute Gasteiger partial charge is 0.495 e. The molecule has 0 bridgehead atoms. The van der Waals surface area contributed by atoms with Gasteiger partial charge in [-0.15, -0.1) is 0 Å². The fourth-order valence-corrected chi connectivity index (χ4v) is 2.70. The van der Waals surface area contributed by atoms with Gasteiger partial charge < -0.3 is 20.7 Å². The number of benzene rings is 3. The summed E-state index contributed by atoms with van der Waals surface area (Å²) in [6, 6.07) is 18.1. The van der Waals surface area contributed by atoms with E-state index < -0.39 is 6.03 Å². The van der Waals surface area contributed by atoms with Crippen molar-refractivity contribution in [1.82, 2.24) is 0 Å². The molecular weight excluding hydrogens is 330 g/mol. The second-order valence-corrected chi connectivity index (χ2v) is 5.70. The number of methoxy groups -OCH3 is 1. The van der Waals surface area contributed by atoms with Crippen LogP contribution in [-0.2, 0) is 4.79 Å². The summed E-state index contributed by atoms with van der Waals surface area (Å²) in [4.78, 5) is 23.7. The molecule has 0 aromatic heterocycles. The zero-order valence-electron chi connectivity index (χ0n) is 14.5. The van der Waals surface area contributed by atoms with Crippen molar-refractivity contribution in [3.05, 3.63) is 60.7 Å². The first kappa shape index (κ1) is 17.3. The van der Waals surface area contributed by atoms with E-state index in [1.54, 1.807) is 18.2 Å². The molecule has 0 saturated carbocycles. The number of hydrogen-bond acceptors (Lipinski definition) is 3. The van der Waals surface area contributed by atoms with Crippen molar-refractivity contribution in [3.63, 3.8) is 0 Å². The highest BCUT2D eigenvalue weighted by Crippen LogP contribution is 2.28. The zero-order chi connectivity index (χ0) is 18.5. The maximum atomic E-state index is 12.5. The van der Waals surface area contributed by atoms with E-state index in [1.165, 1.54) is 14.0 Å². The van der Waals surface area contributed by atoms with Crippen LogP contribution in [0, 0.1) is 0 Å². The summed E-state index contributed by atoms with van der Waals surface area (Å²) in [6.07, 6.45) is 0. The molecule has 26 heavy (non-hydrogen) atoms. The lowest BCUT2D eigenvalue weighted by Gasteiger charge is -2.14. The van der Waals surface area contributed by atoms with Gasteiger partial charge in [0.1, 0.15) is 5.75 Å². The first-order valence-electron chi connectivity index (χ1n) is 8.08. The summed E-state index contributed by atoms with van der Waals surface area (Å²) in [5, 5.41) is 10.3. The lowest BCUT2D eigenvalue weighted by atomic mass is 10.1. The topological polar surface area (TPSA) is 79.5 Å². The highest BCUT2D eigenvalue weighted by Gasteiger charge is 2.10. The molecule has 3 rings (SSSR count). The smallest absolute Gasteiger partial charge is 0.323 e. The molecule has 0 spiro atoms. The van der Waals surface area contributed by atoms with Crippen LogP contribution in [-0.4, -0.2) is 19.0 Å². The standard InChI is InChI=1S/C20H19N3O3/c1-13(24)21-15-10-11-19(26-2)18(12-15)23-20(25)22-17-9-5-7-14-6-3-4-8-16(14)17/h3-12H,1-2H3,(H,21,24)(H2,22,23,25). The maximum Gasteiger partial charge on any atom is 0.323 e. The second kappa shape index (κ2) is 7.57. The minimum atomic E-state index is -0.403. The number of anilines is 3. The summed E-state index contributed by atoms with van der Waals surface area (Å²) >= 11 is 0. The van der Waals surface area contributed by atoms with Crippen LogP contribution in [0.4, 0.5) is 21.9 Å². The van der Waals surface area contributed by atoms with E-state index in [2.05, 4.69) is 16.0 Å². The van der Waals surface area contributed by atoms with Gasteiger partial charge >= 0.3 is 6.03 Å².